The minimum atomic E-state index is -0.895. The number of amides is 4. The van der Waals surface area contributed by atoms with Gasteiger partial charge in [0.2, 0.25) is 0 Å². The zero-order chi connectivity index (χ0) is 33.7. The highest BCUT2D eigenvalue weighted by Crippen LogP contribution is 2.36. The Morgan fingerprint density at radius 1 is 0.936 bits per heavy atom. The van der Waals surface area contributed by atoms with Crippen LogP contribution in [0.1, 0.15) is 23.6 Å². The van der Waals surface area contributed by atoms with Crippen LogP contribution in [0.5, 0.6) is 17.2 Å². The van der Waals surface area contributed by atoms with Crippen LogP contribution in [0.25, 0.3) is 6.08 Å². The largest absolute Gasteiger partial charge is 0.490 e. The van der Waals surface area contributed by atoms with E-state index in [1.54, 1.807) is 61.5 Å². The van der Waals surface area contributed by atoms with Crippen LogP contribution < -0.4 is 24.4 Å². The molecule has 0 aliphatic carbocycles. The van der Waals surface area contributed by atoms with Crippen molar-refractivity contribution in [1.82, 2.24) is 5.32 Å². The van der Waals surface area contributed by atoms with Crippen LogP contribution in [0, 0.1) is 13.7 Å². The molecule has 1 heterocycles. The summed E-state index contributed by atoms with van der Waals surface area (Å²) in [6.07, 6.45) is 1.36. The summed E-state index contributed by atoms with van der Waals surface area (Å²) in [7, 11) is 0. The van der Waals surface area contributed by atoms with E-state index in [0.29, 0.717) is 42.0 Å². The summed E-state index contributed by atoms with van der Waals surface area (Å²) in [6.45, 7) is 2.28. The Kier molecular flexibility index (Phi) is 10.6. The lowest BCUT2D eigenvalue weighted by Crippen LogP contribution is -2.54. The number of halogens is 3. The Morgan fingerprint density at radius 3 is 2.40 bits per heavy atom. The maximum absolute atomic E-state index is 13.5. The number of nitro benzene ring substituents is 1. The third-order valence-corrected chi connectivity index (χ3v) is 8.14. The molecular formula is C33H24Cl2IN3O8. The van der Waals surface area contributed by atoms with Crippen LogP contribution >= 0.6 is 45.8 Å². The van der Waals surface area contributed by atoms with Gasteiger partial charge < -0.3 is 14.2 Å². The Labute approximate surface area is 292 Å². The van der Waals surface area contributed by atoms with Crippen molar-refractivity contribution in [2.45, 2.75) is 20.1 Å². The van der Waals surface area contributed by atoms with Gasteiger partial charge >= 0.3 is 6.03 Å². The summed E-state index contributed by atoms with van der Waals surface area (Å²) in [5.41, 5.74) is 1.65. The SMILES string of the molecule is CCOc1cc(/C=C2\C(=O)NC(=O)N(c3ccc(OCc4ccc(Cl)cc4Cl)cc3)C2=O)cc(I)c1OCc1cccc([N+](=O)[O-])c1. The van der Waals surface area contributed by atoms with Crippen molar-refractivity contribution in [1.29, 1.82) is 0 Å². The molecule has 1 fully saturated rings. The van der Waals surface area contributed by atoms with Crippen molar-refractivity contribution in [2.24, 2.45) is 0 Å². The molecule has 4 amide bonds. The first-order valence-electron chi connectivity index (χ1n) is 13.9. The maximum Gasteiger partial charge on any atom is 0.335 e. The summed E-state index contributed by atoms with van der Waals surface area (Å²) in [4.78, 5) is 50.6. The van der Waals surface area contributed by atoms with Crippen molar-refractivity contribution in [2.75, 3.05) is 11.5 Å². The van der Waals surface area contributed by atoms with Gasteiger partial charge in [0.1, 0.15) is 24.5 Å². The molecule has 4 aromatic carbocycles. The number of anilines is 1. The van der Waals surface area contributed by atoms with Gasteiger partial charge in [-0.15, -0.1) is 0 Å². The van der Waals surface area contributed by atoms with Crippen LogP contribution in [-0.2, 0) is 22.8 Å². The molecule has 0 spiro atoms. The first kappa shape index (κ1) is 33.7. The number of urea groups is 1. The fraction of sp³-hybridized carbons (Fsp3) is 0.121. The van der Waals surface area contributed by atoms with E-state index in [-0.39, 0.29) is 36.8 Å². The van der Waals surface area contributed by atoms with Gasteiger partial charge in [0.15, 0.2) is 11.5 Å². The van der Waals surface area contributed by atoms with E-state index in [9.17, 15) is 24.5 Å². The third-order valence-electron chi connectivity index (χ3n) is 6.75. The van der Waals surface area contributed by atoms with Crippen LogP contribution in [0.2, 0.25) is 10.0 Å². The van der Waals surface area contributed by atoms with Gasteiger partial charge in [-0.1, -0.05) is 41.4 Å². The van der Waals surface area contributed by atoms with Crippen molar-refractivity contribution in [3.8, 4) is 17.2 Å². The number of nitro groups is 1. The van der Waals surface area contributed by atoms with Crippen molar-refractivity contribution < 1.29 is 33.5 Å². The highest BCUT2D eigenvalue weighted by Gasteiger charge is 2.37. The van der Waals surface area contributed by atoms with E-state index in [1.807, 2.05) is 22.6 Å². The Hall–Kier alpha value is -4.66. The lowest BCUT2D eigenvalue weighted by molar-refractivity contribution is -0.384. The summed E-state index contributed by atoms with van der Waals surface area (Å²) < 4.78 is 18.2. The number of hydrogen-bond acceptors (Lipinski definition) is 8. The number of non-ortho nitro benzene ring substituents is 1. The van der Waals surface area contributed by atoms with Crippen LogP contribution in [0.3, 0.4) is 0 Å². The number of carbonyl (C=O) groups is 3. The molecule has 240 valence electrons. The second-order valence-electron chi connectivity index (χ2n) is 9.95. The number of ether oxygens (including phenoxy) is 3. The summed E-state index contributed by atoms with van der Waals surface area (Å²) >= 11 is 14.2. The number of nitrogens with zero attached hydrogens (tertiary/aromatic N) is 2. The minimum absolute atomic E-state index is 0.0366. The third kappa shape index (κ3) is 8.02. The smallest absolute Gasteiger partial charge is 0.335 e. The fourth-order valence-electron chi connectivity index (χ4n) is 4.54. The number of barbiturate groups is 1. The van der Waals surface area contributed by atoms with Gasteiger partial charge in [-0.3, -0.25) is 25.0 Å². The number of nitrogens with one attached hydrogen (secondary N) is 1. The lowest BCUT2D eigenvalue weighted by Gasteiger charge is -2.26. The molecule has 1 saturated heterocycles. The van der Waals surface area contributed by atoms with E-state index in [2.05, 4.69) is 5.32 Å². The summed E-state index contributed by atoms with van der Waals surface area (Å²) in [5.74, 6) is -0.488. The second-order valence-corrected chi connectivity index (χ2v) is 12.0. The average molecular weight is 788 g/mol. The van der Waals surface area contributed by atoms with E-state index in [1.165, 1.54) is 30.3 Å². The molecule has 0 radical (unpaired) electrons. The molecule has 0 atom stereocenters. The number of benzene rings is 4. The molecule has 0 bridgehead atoms. The fourth-order valence-corrected chi connectivity index (χ4v) is 5.78. The molecule has 0 unspecified atom stereocenters. The molecule has 1 aliphatic rings. The normalized spacial score (nSPS) is 13.8. The zero-order valence-corrected chi connectivity index (χ0v) is 28.2. The first-order chi connectivity index (χ1) is 22.5. The van der Waals surface area contributed by atoms with Crippen molar-refractivity contribution >= 4 is 81.1 Å². The van der Waals surface area contributed by atoms with Gasteiger partial charge in [-0.05, 0) is 95.2 Å². The maximum atomic E-state index is 13.5. The van der Waals surface area contributed by atoms with E-state index in [4.69, 9.17) is 37.4 Å². The molecular weight excluding hydrogens is 764 g/mol. The topological polar surface area (TPSA) is 137 Å². The van der Waals surface area contributed by atoms with Crippen LogP contribution in [-0.4, -0.2) is 29.4 Å². The molecule has 0 aromatic heterocycles. The predicted octanol–water partition coefficient (Wildman–Crippen LogP) is 7.73. The molecule has 1 N–H and O–H groups in total. The van der Waals surface area contributed by atoms with Crippen LogP contribution in [0.4, 0.5) is 16.2 Å². The minimum Gasteiger partial charge on any atom is -0.490 e. The Morgan fingerprint density at radius 2 is 1.70 bits per heavy atom. The highest BCUT2D eigenvalue weighted by molar-refractivity contribution is 14.1. The standard InChI is InChI=1S/C33H24Cl2IN3O8/c1-2-45-29-15-20(14-28(36)30(29)47-17-19-4-3-5-24(12-19)39(43)44)13-26-31(40)37-33(42)38(32(26)41)23-8-10-25(11-9-23)46-18-21-6-7-22(34)16-27(21)35/h3-16H,2,17-18H2,1H3,(H,37,40,42)/b26-13+. The van der Waals surface area contributed by atoms with Gasteiger partial charge in [-0.2, -0.15) is 0 Å². The predicted molar refractivity (Wildman–Crippen MR) is 184 cm³/mol. The molecule has 5 rings (SSSR count). The summed E-state index contributed by atoms with van der Waals surface area (Å²) in [6, 6.07) is 19.8. The Bertz CT molecular complexity index is 1920. The first-order valence-corrected chi connectivity index (χ1v) is 15.8. The number of hydrogen-bond donors (Lipinski definition) is 1. The average Bonchev–Trinajstić information content (AvgIpc) is 3.03. The van der Waals surface area contributed by atoms with Crippen molar-refractivity contribution in [3.05, 3.63) is 125 Å². The molecule has 14 heteroatoms. The number of imide groups is 2. The summed E-state index contributed by atoms with van der Waals surface area (Å²) in [5, 5.41) is 14.3. The van der Waals surface area contributed by atoms with E-state index >= 15 is 0 Å². The van der Waals surface area contributed by atoms with Gasteiger partial charge in [0, 0.05) is 27.7 Å². The second kappa shape index (κ2) is 14.8. The highest BCUT2D eigenvalue weighted by atomic mass is 127. The monoisotopic (exact) mass is 787 g/mol. The number of carbonyl (C=O) groups excluding carboxylic acids is 3. The van der Waals surface area contributed by atoms with Crippen LogP contribution in [0.15, 0.2) is 84.4 Å². The van der Waals surface area contributed by atoms with E-state index in [0.717, 1.165) is 10.5 Å². The number of rotatable bonds is 11. The molecule has 0 saturated carbocycles. The molecule has 47 heavy (non-hydrogen) atoms. The van der Waals surface area contributed by atoms with Gasteiger partial charge in [0.05, 0.1) is 20.8 Å². The molecule has 11 nitrogen and oxygen atoms in total. The van der Waals surface area contributed by atoms with Crippen molar-refractivity contribution in [3.63, 3.8) is 0 Å². The van der Waals surface area contributed by atoms with Gasteiger partial charge in [-0.25, -0.2) is 9.69 Å². The van der Waals surface area contributed by atoms with Gasteiger partial charge in [0.25, 0.3) is 17.5 Å². The lowest BCUT2D eigenvalue weighted by atomic mass is 10.1. The molecule has 1 aliphatic heterocycles. The Balaban J connectivity index is 1.35. The molecule has 4 aromatic rings. The zero-order valence-electron chi connectivity index (χ0n) is 24.5. The van der Waals surface area contributed by atoms with E-state index < -0.39 is 22.8 Å². The quantitative estimate of drug-likeness (QED) is 0.0536.